The number of likely N-dealkylation sites (N-methyl/N-ethyl adjacent to an activating group) is 1. The molecule has 4 heteroatoms. The first-order valence-electron chi connectivity index (χ1n) is 9.20. The Hall–Kier alpha value is -1.00. The van der Waals surface area contributed by atoms with E-state index >= 15 is 0 Å². The maximum Gasteiger partial charge on any atom is 0.135 e. The van der Waals surface area contributed by atoms with Crippen molar-refractivity contribution < 1.29 is 4.74 Å². The van der Waals surface area contributed by atoms with E-state index in [1.807, 2.05) is 0 Å². The summed E-state index contributed by atoms with van der Waals surface area (Å²) in [4.78, 5) is 2.29. The number of ether oxygens (including phenoxy) is 1. The Morgan fingerprint density at radius 1 is 0.923 bits per heavy atom. The maximum atomic E-state index is 7.20. The minimum atomic E-state index is -0.413. The topological polar surface area (TPSA) is 12.5 Å². The van der Waals surface area contributed by atoms with Gasteiger partial charge in [0.25, 0.3) is 0 Å². The summed E-state index contributed by atoms with van der Waals surface area (Å²) in [6.07, 6.45) is 2.20. The summed E-state index contributed by atoms with van der Waals surface area (Å²) in [5.41, 5.74) is 3.48. The van der Waals surface area contributed by atoms with Gasteiger partial charge in [-0.25, -0.2) is 0 Å². The molecule has 2 aromatic rings. The Labute approximate surface area is 167 Å². The molecule has 0 radical (unpaired) electrons. The van der Waals surface area contributed by atoms with Crippen LogP contribution in [0.4, 0.5) is 0 Å². The molecule has 2 aliphatic rings. The molecule has 1 spiro atoms. The van der Waals surface area contributed by atoms with E-state index in [1.54, 1.807) is 0 Å². The molecule has 0 aliphatic carbocycles. The van der Waals surface area contributed by atoms with Crippen molar-refractivity contribution in [2.45, 2.75) is 37.0 Å². The summed E-state index contributed by atoms with van der Waals surface area (Å²) >= 11 is 2.05. The van der Waals surface area contributed by atoms with E-state index in [1.165, 1.54) is 28.2 Å². The largest absolute Gasteiger partial charge is 0.353 e. The smallest absolute Gasteiger partial charge is 0.135 e. The summed E-state index contributed by atoms with van der Waals surface area (Å²) in [6, 6.07) is 20.0. The van der Waals surface area contributed by atoms with Crippen molar-refractivity contribution in [1.29, 1.82) is 0 Å². The van der Waals surface area contributed by atoms with Gasteiger partial charge in [-0.3, -0.25) is 0 Å². The van der Waals surface area contributed by atoms with Crippen molar-refractivity contribution in [3.05, 3.63) is 71.3 Å². The number of nitrogens with zero attached hydrogens (tertiary/aromatic N) is 1. The van der Waals surface area contributed by atoms with Gasteiger partial charge >= 0.3 is 0 Å². The van der Waals surface area contributed by atoms with Gasteiger partial charge in [-0.2, -0.15) is 11.8 Å². The third-order valence-corrected chi connectivity index (χ3v) is 7.03. The zero-order valence-electron chi connectivity index (χ0n) is 15.8. The van der Waals surface area contributed by atoms with Gasteiger partial charge in [-0.1, -0.05) is 54.6 Å². The van der Waals surface area contributed by atoms with Crippen molar-refractivity contribution in [2.75, 3.05) is 25.6 Å². The molecule has 140 valence electrons. The number of hydrogen-bond donors (Lipinski definition) is 0. The van der Waals surface area contributed by atoms with Gasteiger partial charge < -0.3 is 9.64 Å². The summed E-state index contributed by atoms with van der Waals surface area (Å²) in [6.45, 7) is 2.29. The molecule has 2 atom stereocenters. The van der Waals surface area contributed by atoms with E-state index in [0.29, 0.717) is 0 Å². The highest BCUT2D eigenvalue weighted by atomic mass is 35.5. The monoisotopic (exact) mass is 389 g/mol. The molecule has 1 saturated heterocycles. The average Bonchev–Trinajstić information content (AvgIpc) is 2.94. The number of thioether (sulfide) groups is 1. The minimum Gasteiger partial charge on any atom is -0.353 e. The summed E-state index contributed by atoms with van der Waals surface area (Å²) < 4.78 is 7.20. The van der Waals surface area contributed by atoms with Crippen molar-refractivity contribution in [3.63, 3.8) is 0 Å². The molecule has 0 bridgehead atoms. The van der Waals surface area contributed by atoms with Gasteiger partial charge in [0.1, 0.15) is 5.60 Å². The molecule has 0 aromatic heterocycles. The summed E-state index contributed by atoms with van der Waals surface area (Å²) in [5, 5.41) is 0. The molecule has 0 saturated carbocycles. The number of hydrogen-bond acceptors (Lipinski definition) is 3. The molecule has 2 unspecified atom stereocenters. The van der Waals surface area contributed by atoms with E-state index in [-0.39, 0.29) is 24.0 Å². The summed E-state index contributed by atoms with van der Waals surface area (Å²) in [5.74, 6) is 2.35. The quantitative estimate of drug-likeness (QED) is 0.728. The van der Waals surface area contributed by atoms with E-state index in [0.717, 1.165) is 12.8 Å². The third kappa shape index (κ3) is 2.90. The Kier molecular flexibility index (Phi) is 5.74. The Bertz CT molecular complexity index is 745. The van der Waals surface area contributed by atoms with Crippen LogP contribution in [0.5, 0.6) is 0 Å². The fourth-order valence-corrected chi connectivity index (χ4v) is 5.66. The predicted molar refractivity (Wildman–Crippen MR) is 113 cm³/mol. The van der Waals surface area contributed by atoms with Gasteiger partial charge in [0.15, 0.2) is 0 Å². The van der Waals surface area contributed by atoms with Gasteiger partial charge in [-0.15, -0.1) is 12.4 Å². The second-order valence-electron chi connectivity index (χ2n) is 7.50. The van der Waals surface area contributed by atoms with E-state index < -0.39 is 5.60 Å². The zero-order chi connectivity index (χ0) is 17.5. The molecule has 2 heterocycles. The first kappa shape index (κ1) is 19.8. The molecule has 0 N–H and O–H groups in total. The van der Waals surface area contributed by atoms with Gasteiger partial charge in [0.05, 0.1) is 5.60 Å². The van der Waals surface area contributed by atoms with Crippen LogP contribution in [-0.4, -0.2) is 36.5 Å². The van der Waals surface area contributed by atoms with Crippen LogP contribution in [0, 0.1) is 0 Å². The lowest BCUT2D eigenvalue weighted by Gasteiger charge is -2.43. The van der Waals surface area contributed by atoms with Gasteiger partial charge in [0.2, 0.25) is 0 Å². The molecular weight excluding hydrogens is 362 g/mol. The summed E-state index contributed by atoms with van der Waals surface area (Å²) in [7, 11) is 4.31. The molecule has 26 heavy (non-hydrogen) atoms. The molecule has 0 amide bonds. The highest BCUT2D eigenvalue weighted by Gasteiger charge is 2.57. The Morgan fingerprint density at radius 2 is 1.50 bits per heavy atom. The second-order valence-corrected chi connectivity index (χ2v) is 8.72. The lowest BCUT2D eigenvalue weighted by Crippen LogP contribution is -2.49. The van der Waals surface area contributed by atoms with Crippen LogP contribution < -0.4 is 0 Å². The van der Waals surface area contributed by atoms with Crippen molar-refractivity contribution >= 4 is 24.2 Å². The fraction of sp³-hybridized carbons (Fsp3) is 0.455. The van der Waals surface area contributed by atoms with Crippen LogP contribution in [0.2, 0.25) is 0 Å². The van der Waals surface area contributed by atoms with E-state index in [2.05, 4.69) is 92.3 Å². The van der Waals surface area contributed by atoms with Gasteiger partial charge in [-0.05, 0) is 62.1 Å². The number of benzene rings is 2. The maximum absolute atomic E-state index is 7.20. The minimum absolute atomic E-state index is 0. The molecule has 2 nitrogen and oxygen atoms in total. The highest BCUT2D eigenvalue weighted by molar-refractivity contribution is 7.99. The normalized spacial score (nSPS) is 24.9. The van der Waals surface area contributed by atoms with E-state index in [9.17, 15) is 0 Å². The fourth-order valence-electron chi connectivity index (χ4n) is 4.51. The molecule has 4 rings (SSSR count). The average molecular weight is 390 g/mol. The predicted octanol–water partition coefficient (Wildman–Crippen LogP) is 5.05. The Balaban J connectivity index is 0.00000196. The second kappa shape index (κ2) is 7.55. The first-order chi connectivity index (χ1) is 12.1. The first-order valence-corrected chi connectivity index (χ1v) is 10.4. The third-order valence-electron chi connectivity index (χ3n) is 6.04. The molecule has 2 aliphatic heterocycles. The highest BCUT2D eigenvalue weighted by Crippen LogP contribution is 2.57. The zero-order valence-corrected chi connectivity index (χ0v) is 17.4. The standard InChI is InChI=1S/C22H27NOS.ClH/c1-17(23(2)3)22(18-9-5-4-6-10-18)20-12-8-7-11-19(20)21(24-22)13-15-25-16-14-21;/h4-12,17H,13-16H2,1-3H3;1H. The lowest BCUT2D eigenvalue weighted by molar-refractivity contribution is -0.152. The number of halogens is 1. The lowest BCUT2D eigenvalue weighted by atomic mass is 9.78. The van der Waals surface area contributed by atoms with Crippen LogP contribution in [-0.2, 0) is 15.9 Å². The van der Waals surface area contributed by atoms with Crippen LogP contribution >= 0.6 is 24.2 Å². The van der Waals surface area contributed by atoms with Crippen molar-refractivity contribution in [3.8, 4) is 0 Å². The molecule has 2 aromatic carbocycles. The van der Waals surface area contributed by atoms with Crippen LogP contribution in [0.1, 0.15) is 36.5 Å². The number of fused-ring (bicyclic) bond motifs is 2. The number of rotatable bonds is 3. The molecular formula is C22H28ClNOS. The van der Waals surface area contributed by atoms with E-state index in [4.69, 9.17) is 4.74 Å². The van der Waals surface area contributed by atoms with Gasteiger partial charge in [0, 0.05) is 6.04 Å². The van der Waals surface area contributed by atoms with Crippen molar-refractivity contribution in [2.24, 2.45) is 0 Å². The van der Waals surface area contributed by atoms with Crippen LogP contribution in [0.3, 0.4) is 0 Å². The Morgan fingerprint density at radius 3 is 2.12 bits per heavy atom. The van der Waals surface area contributed by atoms with Crippen LogP contribution in [0.25, 0.3) is 0 Å². The van der Waals surface area contributed by atoms with Crippen LogP contribution in [0.15, 0.2) is 54.6 Å². The van der Waals surface area contributed by atoms with Crippen molar-refractivity contribution in [1.82, 2.24) is 4.90 Å². The molecule has 1 fully saturated rings. The SMILES string of the molecule is CC(N(C)C)C1(c2ccccc2)OC2(CCSCC2)c2ccccc21.Cl.